The summed E-state index contributed by atoms with van der Waals surface area (Å²) in [5, 5.41) is 29.5. The molecule has 0 bridgehead atoms. The van der Waals surface area contributed by atoms with E-state index in [1.165, 1.54) is 251 Å². The van der Waals surface area contributed by atoms with Gasteiger partial charge in [-0.3, -0.25) is 0 Å². The van der Waals surface area contributed by atoms with Gasteiger partial charge in [0.15, 0.2) is 0 Å². The standard InChI is InChI=1S/C132H74N8/c1-8-36-76(37-9-1)109-115-119-113-90-55-27-34-62-104(90)133(81-44-16-5-17-45-81)107(113)73-97-88-53-25-32-60-102(88)137(123(97)119)129(115)110(77-38-10-2-11-39-77)116-120-114-91-56-28-35-63-105(91)134(108(114)74-98-89-54-26-33-61-103(89)138(124(98)120)130(109)116)84-67-64-75(65-68-84)80-66-69-106-92(70-80)96-72-94-86-51-23-30-58-100(86)136(83-48-20-7-21-49-83)126(94)122-118-111(78-40-12-3-13-41-78)131-117(112(79-42-14-4-15-43-79)132(118)140(106)128(96)122)121-125-93(71-95-87-52-24-31-59-101(87)139(131)127(95)121)85-50-22-29-57-99(85)135(125)82-46-18-6-19-47-82/h1-74H. The van der Waals surface area contributed by atoms with E-state index >= 15 is 0 Å². The molecule has 0 N–H and O–H groups in total. The molecule has 22 aromatic carbocycles. The van der Waals surface area contributed by atoms with Gasteiger partial charge in [0.2, 0.25) is 0 Å². The lowest BCUT2D eigenvalue weighted by Gasteiger charge is -2.17. The van der Waals surface area contributed by atoms with E-state index in [4.69, 9.17) is 0 Å². The normalized spacial score (nSPS) is 12.7. The van der Waals surface area contributed by atoms with Crippen molar-refractivity contribution in [1.82, 2.24) is 35.9 Å². The SMILES string of the molecule is c1ccc(-c2c3c4c5c6ccccc6n(-c6ccc(-c7ccc8c(c7)c7cc9c%10ccccc%10n(-c%10ccccc%10)c9c9c%10c(-c%11ccccc%11)c%11c(c(-c%12ccccc%12)c%10n8c79)c7c8c(cc9c%10ccccc%10n%11c97)c7ccccc7n8-c7ccccc7)cc6)c5cc5c6ccccc6n(c3c(-c3ccccc3)c3c6c7c8ccccc8n(-c8ccccc8)c7cc7c8ccccc8n(c23)c76)c54)cc1. The van der Waals surface area contributed by atoms with Crippen LogP contribution in [0.2, 0.25) is 0 Å². The van der Waals surface area contributed by atoms with E-state index in [-0.39, 0.29) is 0 Å². The van der Waals surface area contributed by atoms with E-state index < -0.39 is 0 Å². The van der Waals surface area contributed by atoms with Crippen molar-refractivity contribution in [3.05, 3.63) is 449 Å². The van der Waals surface area contributed by atoms with Crippen LogP contribution in [0.3, 0.4) is 0 Å². The van der Waals surface area contributed by atoms with E-state index in [1.54, 1.807) is 0 Å². The molecule has 0 saturated carbocycles. The van der Waals surface area contributed by atoms with Crippen LogP contribution in [0.4, 0.5) is 0 Å². The van der Waals surface area contributed by atoms with Crippen LogP contribution in [0, 0.1) is 0 Å². The Morgan fingerprint density at radius 1 is 0.107 bits per heavy atom. The van der Waals surface area contributed by atoms with Gasteiger partial charge in [-0.1, -0.05) is 322 Å². The Kier molecular flexibility index (Phi) is 14.0. The van der Waals surface area contributed by atoms with E-state index in [1.807, 2.05) is 0 Å². The molecule has 8 heteroatoms. The van der Waals surface area contributed by atoms with Crippen molar-refractivity contribution in [2.75, 3.05) is 0 Å². The van der Waals surface area contributed by atoms with E-state index in [2.05, 4.69) is 485 Å². The second-order valence-electron chi connectivity index (χ2n) is 38.6. The molecule has 0 radical (unpaired) electrons. The third-order valence-electron chi connectivity index (χ3n) is 32.0. The topological polar surface area (TPSA) is 37.4 Å². The maximum atomic E-state index is 2.72. The lowest BCUT2D eigenvalue weighted by Crippen LogP contribution is -1.95. The van der Waals surface area contributed by atoms with Crippen LogP contribution in [0.25, 0.3) is 318 Å². The first-order valence-corrected chi connectivity index (χ1v) is 48.7. The van der Waals surface area contributed by atoms with E-state index in [0.29, 0.717) is 0 Å². The monoisotopic (exact) mass is 1770 g/mol. The zero-order chi connectivity index (χ0) is 90.4. The molecule has 34 aromatic rings. The summed E-state index contributed by atoms with van der Waals surface area (Å²) in [6.45, 7) is 0. The van der Waals surface area contributed by atoms with Crippen molar-refractivity contribution in [1.29, 1.82) is 0 Å². The Labute approximate surface area is 797 Å². The summed E-state index contributed by atoms with van der Waals surface area (Å²) in [7, 11) is 0. The molecule has 34 rings (SSSR count). The molecule has 0 amide bonds. The van der Waals surface area contributed by atoms with Crippen molar-refractivity contribution in [3.63, 3.8) is 0 Å². The highest BCUT2D eigenvalue weighted by molar-refractivity contribution is 6.48. The molecule has 0 unspecified atom stereocenters. The number of fused-ring (bicyclic) bond motifs is 40. The van der Waals surface area contributed by atoms with E-state index in [9.17, 15) is 0 Å². The highest BCUT2D eigenvalue weighted by atomic mass is 15.0. The summed E-state index contributed by atoms with van der Waals surface area (Å²) < 4.78 is 21.0. The first-order valence-electron chi connectivity index (χ1n) is 48.7. The second-order valence-corrected chi connectivity index (χ2v) is 38.6. The lowest BCUT2D eigenvalue weighted by atomic mass is 9.88. The number of rotatable bonds is 9. The summed E-state index contributed by atoms with van der Waals surface area (Å²) in [6.07, 6.45) is 0. The maximum Gasteiger partial charge on any atom is 0.0642 e. The third kappa shape index (κ3) is 9.05. The highest BCUT2D eigenvalue weighted by Gasteiger charge is 2.39. The zero-order valence-electron chi connectivity index (χ0n) is 75.3. The molecule has 0 saturated heterocycles. The molecule has 8 nitrogen and oxygen atoms in total. The van der Waals surface area contributed by atoms with Crippen molar-refractivity contribution >= 4 is 240 Å². The van der Waals surface area contributed by atoms with Gasteiger partial charge in [-0.25, -0.2) is 0 Å². The number of aromatic nitrogens is 8. The van der Waals surface area contributed by atoms with Crippen LogP contribution in [0.5, 0.6) is 0 Å². The van der Waals surface area contributed by atoms with Crippen molar-refractivity contribution in [2.45, 2.75) is 0 Å². The van der Waals surface area contributed by atoms with E-state index in [0.717, 1.165) is 67.1 Å². The summed E-state index contributed by atoms with van der Waals surface area (Å²) in [5.74, 6) is 0. The number of hydrogen-bond donors (Lipinski definition) is 0. The third-order valence-corrected chi connectivity index (χ3v) is 32.0. The number of nitrogens with zero attached hydrogens (tertiary/aromatic N) is 8. The number of para-hydroxylation sites is 10. The molecule has 12 aromatic heterocycles. The minimum Gasteiger partial charge on any atom is -0.309 e. The van der Waals surface area contributed by atoms with Gasteiger partial charge < -0.3 is 35.9 Å². The van der Waals surface area contributed by atoms with Gasteiger partial charge in [0.25, 0.3) is 0 Å². The lowest BCUT2D eigenvalue weighted by molar-refractivity contribution is 1.18. The minimum absolute atomic E-state index is 1.09. The fourth-order valence-electron chi connectivity index (χ4n) is 26.9. The van der Waals surface area contributed by atoms with Crippen LogP contribution >= 0.6 is 0 Å². The Hall–Kier alpha value is -18.8. The quantitative estimate of drug-likeness (QED) is 0.138. The van der Waals surface area contributed by atoms with Crippen LogP contribution in [0.15, 0.2) is 449 Å². The first-order chi connectivity index (χ1) is 69.6. The van der Waals surface area contributed by atoms with Crippen LogP contribution in [-0.2, 0) is 0 Å². The molecular formula is C132H74N8. The summed E-state index contributed by atoms with van der Waals surface area (Å²) in [6, 6.07) is 170. The Morgan fingerprint density at radius 3 is 0.707 bits per heavy atom. The largest absolute Gasteiger partial charge is 0.309 e. The molecule has 0 spiro atoms. The Balaban J connectivity index is 0.666. The van der Waals surface area contributed by atoms with Gasteiger partial charge >= 0.3 is 0 Å². The highest BCUT2D eigenvalue weighted by Crippen LogP contribution is 2.62. The fourth-order valence-corrected chi connectivity index (χ4v) is 26.9. The molecule has 140 heavy (non-hydrogen) atoms. The molecule has 0 aliphatic rings. The molecule has 642 valence electrons. The summed E-state index contributed by atoms with van der Waals surface area (Å²) >= 11 is 0. The van der Waals surface area contributed by atoms with Gasteiger partial charge in [-0.2, -0.15) is 0 Å². The predicted molar refractivity (Wildman–Crippen MR) is 590 cm³/mol. The molecule has 0 fully saturated rings. The Morgan fingerprint density at radius 2 is 0.350 bits per heavy atom. The molecule has 0 aliphatic heterocycles. The molecule has 12 heterocycles. The number of hydrogen-bond acceptors (Lipinski definition) is 0. The average Bonchev–Trinajstić information content (AvgIpc) is 1.48. The Bertz CT molecular complexity index is 11400. The van der Waals surface area contributed by atoms with Crippen molar-refractivity contribution in [3.8, 4) is 78.4 Å². The van der Waals surface area contributed by atoms with Crippen molar-refractivity contribution in [2.24, 2.45) is 0 Å². The number of benzene rings is 22. The summed E-state index contributed by atoms with van der Waals surface area (Å²) in [5.41, 5.74) is 40.0. The van der Waals surface area contributed by atoms with Gasteiger partial charge in [0.1, 0.15) is 0 Å². The average molecular weight is 1770 g/mol. The van der Waals surface area contributed by atoms with Gasteiger partial charge in [0, 0.05) is 174 Å². The summed E-state index contributed by atoms with van der Waals surface area (Å²) in [4.78, 5) is 0. The molecule has 0 aliphatic carbocycles. The smallest absolute Gasteiger partial charge is 0.0642 e. The second kappa shape index (κ2) is 26.7. The van der Waals surface area contributed by atoms with Gasteiger partial charge in [0.05, 0.1) is 110 Å². The molecular weight excluding hydrogens is 1700 g/mol. The predicted octanol–water partition coefficient (Wildman–Crippen LogP) is 35.0. The van der Waals surface area contributed by atoms with Crippen LogP contribution < -0.4 is 0 Å². The minimum atomic E-state index is 1.09. The fraction of sp³-hybridized carbons (Fsp3) is 0. The van der Waals surface area contributed by atoms with Crippen LogP contribution in [0.1, 0.15) is 0 Å². The first kappa shape index (κ1) is 73.7. The zero-order valence-corrected chi connectivity index (χ0v) is 75.3. The van der Waals surface area contributed by atoms with Crippen LogP contribution in [-0.4, -0.2) is 35.9 Å². The van der Waals surface area contributed by atoms with Gasteiger partial charge in [-0.05, 0) is 161 Å². The maximum absolute atomic E-state index is 2.72. The molecule has 0 atom stereocenters. The van der Waals surface area contributed by atoms with Gasteiger partial charge in [-0.15, -0.1) is 0 Å². The van der Waals surface area contributed by atoms with Crippen molar-refractivity contribution < 1.29 is 0 Å².